The van der Waals surface area contributed by atoms with Crippen molar-refractivity contribution in [1.82, 2.24) is 9.80 Å². The van der Waals surface area contributed by atoms with E-state index in [4.69, 9.17) is 11.6 Å². The van der Waals surface area contributed by atoms with Gasteiger partial charge in [0.05, 0.1) is 0 Å². The molecule has 1 saturated carbocycles. The Balaban J connectivity index is 1.88. The van der Waals surface area contributed by atoms with Gasteiger partial charge in [-0.25, -0.2) is 4.39 Å². The molecule has 2 aliphatic rings. The summed E-state index contributed by atoms with van der Waals surface area (Å²) in [5.41, 5.74) is -1.97. The molecule has 2 rings (SSSR count). The van der Waals surface area contributed by atoms with Gasteiger partial charge in [-0.1, -0.05) is 11.6 Å². The summed E-state index contributed by atoms with van der Waals surface area (Å²) in [5.74, 6) is -0.312. The first-order chi connectivity index (χ1) is 8.09. The normalized spacial score (nSPS) is 23.2. The molecule has 2 amide bonds. The Hall–Kier alpha value is -0.840. The fourth-order valence-electron chi connectivity index (χ4n) is 2.08. The van der Waals surface area contributed by atoms with E-state index in [1.165, 1.54) is 4.90 Å². The van der Waals surface area contributed by atoms with E-state index in [0.29, 0.717) is 32.6 Å². The SMILES string of the molecule is O=C(C(F)Cl)N1CCCN(C(=O)C2CC2)CC1. The van der Waals surface area contributed by atoms with Gasteiger partial charge in [0.25, 0.3) is 11.5 Å². The molecular formula is C11H16ClFN2O2. The zero-order chi connectivity index (χ0) is 12.4. The number of halogens is 2. The molecule has 0 aromatic rings. The zero-order valence-corrected chi connectivity index (χ0v) is 10.3. The molecule has 0 N–H and O–H groups in total. The van der Waals surface area contributed by atoms with Gasteiger partial charge in [0.1, 0.15) is 0 Å². The summed E-state index contributed by atoms with van der Waals surface area (Å²) in [6.45, 7) is 1.99. The van der Waals surface area contributed by atoms with Crippen molar-refractivity contribution in [3.05, 3.63) is 0 Å². The van der Waals surface area contributed by atoms with Gasteiger partial charge in [0, 0.05) is 32.1 Å². The third-order valence-corrected chi connectivity index (χ3v) is 3.42. The molecule has 17 heavy (non-hydrogen) atoms. The smallest absolute Gasteiger partial charge is 0.272 e. The molecule has 96 valence electrons. The molecule has 1 atom stereocenters. The lowest BCUT2D eigenvalue weighted by Crippen LogP contribution is -2.39. The highest BCUT2D eigenvalue weighted by Crippen LogP contribution is 2.31. The van der Waals surface area contributed by atoms with Crippen molar-refractivity contribution in [2.24, 2.45) is 5.92 Å². The maximum Gasteiger partial charge on any atom is 0.272 e. The van der Waals surface area contributed by atoms with E-state index in [2.05, 4.69) is 0 Å². The second-order valence-electron chi connectivity index (χ2n) is 4.58. The van der Waals surface area contributed by atoms with E-state index in [1.807, 2.05) is 0 Å². The molecule has 6 heteroatoms. The van der Waals surface area contributed by atoms with Crippen molar-refractivity contribution in [3.8, 4) is 0 Å². The van der Waals surface area contributed by atoms with E-state index in [1.54, 1.807) is 4.90 Å². The van der Waals surface area contributed by atoms with E-state index < -0.39 is 11.5 Å². The van der Waals surface area contributed by atoms with Crippen LogP contribution in [0.2, 0.25) is 0 Å². The van der Waals surface area contributed by atoms with Gasteiger partial charge < -0.3 is 9.80 Å². The minimum atomic E-state index is -1.97. The van der Waals surface area contributed by atoms with E-state index in [-0.39, 0.29) is 11.8 Å². The lowest BCUT2D eigenvalue weighted by molar-refractivity contribution is -0.135. The highest BCUT2D eigenvalue weighted by Gasteiger charge is 2.34. The average Bonchev–Trinajstić information content (AvgIpc) is 3.13. The summed E-state index contributed by atoms with van der Waals surface area (Å²) in [6.07, 6.45) is 2.65. The summed E-state index contributed by atoms with van der Waals surface area (Å²) in [5, 5.41) is 0. The van der Waals surface area contributed by atoms with E-state index in [0.717, 1.165) is 12.8 Å². The Labute approximate surface area is 105 Å². The monoisotopic (exact) mass is 262 g/mol. The van der Waals surface area contributed by atoms with Crippen molar-refractivity contribution in [2.45, 2.75) is 24.9 Å². The van der Waals surface area contributed by atoms with Crippen LogP contribution in [0.3, 0.4) is 0 Å². The fourth-order valence-corrected chi connectivity index (χ4v) is 2.22. The van der Waals surface area contributed by atoms with E-state index in [9.17, 15) is 14.0 Å². The number of amides is 2. The van der Waals surface area contributed by atoms with Crippen LogP contribution in [0, 0.1) is 5.92 Å². The van der Waals surface area contributed by atoms with Crippen LogP contribution in [0.1, 0.15) is 19.3 Å². The fraction of sp³-hybridized carbons (Fsp3) is 0.818. The maximum absolute atomic E-state index is 12.7. The molecular weight excluding hydrogens is 247 g/mol. The topological polar surface area (TPSA) is 40.6 Å². The standard InChI is InChI=1S/C11H16ClFN2O2/c12-9(13)11(17)15-5-1-4-14(6-7-15)10(16)8-2-3-8/h8-9H,1-7H2. The third kappa shape index (κ3) is 3.09. The van der Waals surface area contributed by atoms with Gasteiger partial charge >= 0.3 is 0 Å². The summed E-state index contributed by atoms with van der Waals surface area (Å²) in [4.78, 5) is 26.4. The van der Waals surface area contributed by atoms with Crippen LogP contribution in [0.15, 0.2) is 0 Å². The first-order valence-electron chi connectivity index (χ1n) is 5.95. The van der Waals surface area contributed by atoms with Gasteiger partial charge in [-0.05, 0) is 19.3 Å². The van der Waals surface area contributed by atoms with Gasteiger partial charge in [-0.15, -0.1) is 0 Å². The number of alkyl halides is 2. The van der Waals surface area contributed by atoms with Crippen molar-refractivity contribution >= 4 is 23.4 Å². The highest BCUT2D eigenvalue weighted by molar-refractivity contribution is 6.29. The number of nitrogens with zero attached hydrogens (tertiary/aromatic N) is 2. The molecule has 1 aliphatic carbocycles. The molecule has 1 saturated heterocycles. The Morgan fingerprint density at radius 3 is 2.29 bits per heavy atom. The summed E-state index contributed by atoms with van der Waals surface area (Å²) in [7, 11) is 0. The first-order valence-corrected chi connectivity index (χ1v) is 6.39. The molecule has 1 aliphatic heterocycles. The Bertz CT molecular complexity index is 299. The quantitative estimate of drug-likeness (QED) is 0.697. The zero-order valence-electron chi connectivity index (χ0n) is 9.57. The molecule has 0 aromatic heterocycles. The number of hydrogen-bond acceptors (Lipinski definition) is 2. The molecule has 0 aromatic carbocycles. The van der Waals surface area contributed by atoms with Crippen molar-refractivity contribution in [2.75, 3.05) is 26.2 Å². The summed E-state index contributed by atoms with van der Waals surface area (Å²) in [6, 6.07) is 0. The largest absolute Gasteiger partial charge is 0.341 e. The molecule has 1 unspecified atom stereocenters. The molecule has 0 bridgehead atoms. The second-order valence-corrected chi connectivity index (χ2v) is 4.96. The van der Waals surface area contributed by atoms with Crippen molar-refractivity contribution < 1.29 is 14.0 Å². The average molecular weight is 263 g/mol. The third-order valence-electron chi connectivity index (χ3n) is 3.23. The van der Waals surface area contributed by atoms with Crippen LogP contribution in [0.4, 0.5) is 4.39 Å². The maximum atomic E-state index is 12.7. The number of hydrogen-bond donors (Lipinski definition) is 0. The number of carbonyl (C=O) groups excluding carboxylic acids is 2. The van der Waals surface area contributed by atoms with Crippen LogP contribution in [0.25, 0.3) is 0 Å². The van der Waals surface area contributed by atoms with Crippen LogP contribution in [-0.2, 0) is 9.59 Å². The molecule has 1 heterocycles. The predicted molar refractivity (Wildman–Crippen MR) is 61.3 cm³/mol. The molecule has 2 fully saturated rings. The van der Waals surface area contributed by atoms with Gasteiger partial charge in [-0.3, -0.25) is 9.59 Å². The minimum absolute atomic E-state index is 0.182. The Kier molecular flexibility index (Phi) is 3.86. The summed E-state index contributed by atoms with van der Waals surface area (Å²) >= 11 is 5.14. The van der Waals surface area contributed by atoms with Gasteiger partial charge in [-0.2, -0.15) is 0 Å². The predicted octanol–water partition coefficient (Wildman–Crippen LogP) is 0.992. The van der Waals surface area contributed by atoms with Crippen LogP contribution < -0.4 is 0 Å². The van der Waals surface area contributed by atoms with Crippen LogP contribution in [0.5, 0.6) is 0 Å². The molecule has 4 nitrogen and oxygen atoms in total. The van der Waals surface area contributed by atoms with Gasteiger partial charge in [0.15, 0.2) is 0 Å². The molecule has 0 radical (unpaired) electrons. The lowest BCUT2D eigenvalue weighted by Gasteiger charge is -2.22. The summed E-state index contributed by atoms with van der Waals surface area (Å²) < 4.78 is 12.7. The lowest BCUT2D eigenvalue weighted by atomic mass is 10.3. The van der Waals surface area contributed by atoms with Crippen LogP contribution >= 0.6 is 11.6 Å². The van der Waals surface area contributed by atoms with Crippen LogP contribution in [-0.4, -0.2) is 53.4 Å². The molecule has 0 spiro atoms. The first kappa shape index (κ1) is 12.6. The van der Waals surface area contributed by atoms with E-state index >= 15 is 0 Å². The van der Waals surface area contributed by atoms with Crippen molar-refractivity contribution in [1.29, 1.82) is 0 Å². The van der Waals surface area contributed by atoms with Gasteiger partial charge in [0.2, 0.25) is 5.91 Å². The second kappa shape index (κ2) is 5.21. The minimum Gasteiger partial charge on any atom is -0.341 e. The number of rotatable bonds is 2. The number of carbonyl (C=O) groups is 2. The highest BCUT2D eigenvalue weighted by atomic mass is 35.5. The Morgan fingerprint density at radius 2 is 1.71 bits per heavy atom. The Morgan fingerprint density at radius 1 is 1.12 bits per heavy atom. The van der Waals surface area contributed by atoms with Crippen molar-refractivity contribution in [3.63, 3.8) is 0 Å².